The second-order valence-electron chi connectivity index (χ2n) is 20.0. The van der Waals surface area contributed by atoms with E-state index in [1.54, 1.807) is 25.3 Å². The maximum Gasteiger partial charge on any atom is 0.344 e. The van der Waals surface area contributed by atoms with Gasteiger partial charge in [0.25, 0.3) is 0 Å². The summed E-state index contributed by atoms with van der Waals surface area (Å²) in [5.41, 5.74) is -3.02. The topological polar surface area (TPSA) is 180 Å². The number of benzene rings is 1. The summed E-state index contributed by atoms with van der Waals surface area (Å²) in [4.78, 5) is 66.9. The second kappa shape index (κ2) is 17.0. The van der Waals surface area contributed by atoms with Crippen LogP contribution in [-0.4, -0.2) is 161 Å². The lowest BCUT2D eigenvalue weighted by molar-refractivity contribution is -0.243. The van der Waals surface area contributed by atoms with E-state index in [9.17, 15) is 24.6 Å². The Morgan fingerprint density at radius 3 is 2.37 bits per heavy atom. The number of halogens is 3. The lowest BCUT2D eigenvalue weighted by atomic mass is 9.47. The molecule has 7 aliphatic rings. The molecule has 12 atom stereocenters. The predicted molar refractivity (Wildman–Crippen MR) is 249 cm³/mol. The number of allylic oxidation sites excluding steroid dienone is 1. The average Bonchev–Trinajstić information content (AvgIpc) is 3.96. The van der Waals surface area contributed by atoms with Gasteiger partial charge in [-0.15, -0.1) is 0 Å². The molecule has 1 spiro atoms. The van der Waals surface area contributed by atoms with E-state index >= 15 is 4.79 Å². The smallest absolute Gasteiger partial charge is 0.344 e. The number of ether oxygens (including phenoxy) is 5. The number of alkyl halides is 3. The molecule has 3 unspecified atom stereocenters. The van der Waals surface area contributed by atoms with Crippen LogP contribution in [0.1, 0.15) is 74.5 Å². The van der Waals surface area contributed by atoms with Gasteiger partial charge in [-0.25, -0.2) is 9.59 Å². The van der Waals surface area contributed by atoms with E-state index in [2.05, 4.69) is 20.9 Å². The van der Waals surface area contributed by atoms with E-state index < -0.39 is 85.9 Å². The predicted octanol–water partition coefficient (Wildman–Crippen LogP) is 5.16. The van der Waals surface area contributed by atoms with Crippen molar-refractivity contribution in [2.75, 3.05) is 67.7 Å². The molecule has 0 amide bonds. The lowest BCUT2D eigenvalue weighted by Gasteiger charge is -2.63. The van der Waals surface area contributed by atoms with E-state index in [0.717, 1.165) is 16.8 Å². The molecule has 1 aromatic carbocycles. The van der Waals surface area contributed by atoms with E-state index in [1.807, 2.05) is 44.0 Å². The molecule has 4 fully saturated rings. The molecule has 2 aliphatic carbocycles. The van der Waals surface area contributed by atoms with Gasteiger partial charge in [0.1, 0.15) is 12.0 Å². The monoisotopic (exact) mass is 986 g/mol. The zero-order chi connectivity index (χ0) is 48.2. The van der Waals surface area contributed by atoms with Crippen molar-refractivity contribution in [1.82, 2.24) is 19.7 Å². The Morgan fingerprint density at radius 1 is 0.970 bits per heavy atom. The Morgan fingerprint density at radius 2 is 1.72 bits per heavy atom. The number of aliphatic hydroxyl groups is 2. The first-order valence-electron chi connectivity index (χ1n) is 23.2. The number of aromatic nitrogens is 1. The molecule has 2 bridgehead atoms. The minimum Gasteiger partial charge on any atom is -0.468 e. The molecule has 3 N–H and O–H groups in total. The highest BCUT2D eigenvalue weighted by atomic mass is 35.6. The summed E-state index contributed by atoms with van der Waals surface area (Å²) in [6.07, 6.45) is 8.68. The van der Waals surface area contributed by atoms with Crippen molar-refractivity contribution in [3.8, 4) is 0 Å². The van der Waals surface area contributed by atoms with Gasteiger partial charge in [0.2, 0.25) is 9.39 Å². The molecule has 0 radical (unpaired) electrons. The Kier molecular flexibility index (Phi) is 12.3. The van der Waals surface area contributed by atoms with Gasteiger partial charge in [0.05, 0.1) is 37.5 Å². The van der Waals surface area contributed by atoms with Crippen LogP contribution in [0.4, 0.5) is 0 Å². The van der Waals surface area contributed by atoms with Crippen LogP contribution in [-0.2, 0) is 49.9 Å². The number of carbonyl (C=O) groups is 4. The molecule has 6 heterocycles. The molecule has 67 heavy (non-hydrogen) atoms. The molecule has 3 saturated heterocycles. The lowest BCUT2D eigenvalue weighted by Crippen LogP contribution is -2.79. The first kappa shape index (κ1) is 48.4. The number of carbonyl (C=O) groups excluding carboxylic acids is 4. The van der Waals surface area contributed by atoms with Gasteiger partial charge in [-0.2, -0.15) is 0 Å². The fourth-order valence-electron chi connectivity index (χ4n) is 14.4. The Labute approximate surface area is 405 Å². The highest BCUT2D eigenvalue weighted by molar-refractivity contribution is 6.67. The van der Waals surface area contributed by atoms with Crippen LogP contribution >= 0.6 is 34.8 Å². The van der Waals surface area contributed by atoms with Crippen molar-refractivity contribution in [2.45, 2.75) is 104 Å². The number of aromatic amines is 1. The van der Waals surface area contributed by atoms with Gasteiger partial charge in [-0.1, -0.05) is 66.9 Å². The fraction of sp³-hybridized carbons (Fsp3) is 0.633. The number of likely N-dealkylation sites (tertiary alicyclic amines) is 1. The number of methoxy groups -OCH3 is 3. The number of esters is 4. The third-order valence-corrected chi connectivity index (χ3v) is 17.0. The zero-order valence-electron chi connectivity index (χ0n) is 39.0. The van der Waals surface area contributed by atoms with Gasteiger partial charge in [0, 0.05) is 92.3 Å². The van der Waals surface area contributed by atoms with Crippen molar-refractivity contribution >= 4 is 69.6 Å². The first-order chi connectivity index (χ1) is 31.7. The van der Waals surface area contributed by atoms with E-state index in [0.29, 0.717) is 81.4 Å². The number of hydrogen-bond donors (Lipinski definition) is 3. The SMILES string of the molecule is CC[C@]1(O)C[C@H]2CN(CCc3c([nH]c4ccc(C(=O)OCC(Cl)(Cl)Cl)cc34)[C@@](C(=O)OC)(C3C=C4C(=CC3OC)N(C)[C@H]3[C@@](O)(C(=O)OC)[C@H](OC(C)=O)[C@]5(CC)C=CCN6CC[C@]43[C@@H]65)C2)C1. The molecule has 5 aliphatic heterocycles. The van der Waals surface area contributed by atoms with Gasteiger partial charge in [-0.3, -0.25) is 19.4 Å². The average molecular weight is 988 g/mol. The largest absolute Gasteiger partial charge is 0.468 e. The molecular weight excluding hydrogens is 927 g/mol. The Balaban J connectivity index is 1.31. The summed E-state index contributed by atoms with van der Waals surface area (Å²) in [6, 6.07) is 3.80. The molecule has 15 nitrogen and oxygen atoms in total. The zero-order valence-corrected chi connectivity index (χ0v) is 41.3. The molecule has 364 valence electrons. The Bertz CT molecular complexity index is 2470. The first-order valence-corrected chi connectivity index (χ1v) is 24.4. The summed E-state index contributed by atoms with van der Waals surface area (Å²) in [7, 11) is 6.06. The van der Waals surface area contributed by atoms with Gasteiger partial charge in [0.15, 0.2) is 6.10 Å². The number of piperidine rings is 1. The van der Waals surface area contributed by atoms with Crippen LogP contribution in [0.15, 0.2) is 53.8 Å². The number of hydrogen-bond acceptors (Lipinski definition) is 14. The van der Waals surface area contributed by atoms with E-state index in [1.165, 1.54) is 21.1 Å². The molecular formula is C49H61Cl3N4O11. The number of nitrogens with one attached hydrogen (secondary N) is 1. The van der Waals surface area contributed by atoms with Crippen LogP contribution in [0.2, 0.25) is 0 Å². The highest BCUT2D eigenvalue weighted by Gasteiger charge is 2.81. The normalized spacial score (nSPS) is 37.7. The summed E-state index contributed by atoms with van der Waals surface area (Å²) < 4.78 is 27.7. The summed E-state index contributed by atoms with van der Waals surface area (Å²) in [5.74, 6) is -3.70. The summed E-state index contributed by atoms with van der Waals surface area (Å²) in [5, 5.41) is 26.2. The number of H-pyrrole nitrogens is 1. The molecule has 2 aromatic rings. The van der Waals surface area contributed by atoms with Crippen molar-refractivity contribution < 1.29 is 53.1 Å². The van der Waals surface area contributed by atoms with Crippen molar-refractivity contribution in [1.29, 1.82) is 0 Å². The standard InChI is InChI=1S/C49H61Cl3N4O11/c1-8-44(61)22-28-23-47(42(59)64-6,37-30(13-17-55(24-28)25-44)31-19-29(11-12-34(31)53-37)38(58)66-26-48(50,51)52)33-20-32-35(21-36(33)63-5)54(4)40-46(32)15-18-56-16-10-14-45(9-2,39(46)56)41(67-27(3)57)49(40,62)43(60)65-7/h10-12,14,19-21,28,33,36,39-41,53,61-62H,8-9,13,15-18,22-26H2,1-7H3/t28-,33?,36?,39+,40-,41-,44+,45-,46-,47+,49+/m1/s1. The van der Waals surface area contributed by atoms with Crippen molar-refractivity contribution in [2.24, 2.45) is 22.7 Å². The number of likely N-dealkylation sites (N-methyl/N-ethyl adjacent to an activating group) is 1. The highest BCUT2D eigenvalue weighted by Crippen LogP contribution is 2.70. The molecule has 1 aromatic heterocycles. The third-order valence-electron chi connectivity index (χ3n) is 16.7. The Hall–Kier alpha value is -3.67. The molecule has 18 heteroatoms. The summed E-state index contributed by atoms with van der Waals surface area (Å²) >= 11 is 17.8. The quantitative estimate of drug-likeness (QED) is 0.130. The number of fused-ring (bicyclic) bond motifs is 6. The molecule has 1 saturated carbocycles. The van der Waals surface area contributed by atoms with Gasteiger partial charge < -0.3 is 43.8 Å². The van der Waals surface area contributed by atoms with Crippen LogP contribution in [0.5, 0.6) is 0 Å². The maximum atomic E-state index is 15.6. The maximum absolute atomic E-state index is 15.6. The van der Waals surface area contributed by atoms with Crippen molar-refractivity contribution in [3.63, 3.8) is 0 Å². The van der Waals surface area contributed by atoms with E-state index in [-0.39, 0.29) is 23.9 Å². The minimum absolute atomic E-state index is 0.192. The minimum atomic E-state index is -2.35. The third kappa shape index (κ3) is 7.13. The number of nitrogens with zero attached hydrogens (tertiary/aromatic N) is 3. The fourth-order valence-corrected chi connectivity index (χ4v) is 14.5. The number of rotatable bonds is 9. The van der Waals surface area contributed by atoms with Gasteiger partial charge >= 0.3 is 23.9 Å². The van der Waals surface area contributed by atoms with Crippen LogP contribution < -0.4 is 0 Å². The van der Waals surface area contributed by atoms with Gasteiger partial charge in [-0.05, 0) is 86.4 Å². The van der Waals surface area contributed by atoms with Crippen LogP contribution in [0, 0.1) is 22.7 Å². The molecule has 9 rings (SSSR count). The van der Waals surface area contributed by atoms with E-state index in [4.69, 9.17) is 58.5 Å². The summed E-state index contributed by atoms with van der Waals surface area (Å²) in [6.45, 7) is 7.63. The van der Waals surface area contributed by atoms with Crippen LogP contribution in [0.3, 0.4) is 0 Å². The van der Waals surface area contributed by atoms with Crippen LogP contribution in [0.25, 0.3) is 10.9 Å². The second-order valence-corrected chi connectivity index (χ2v) is 22.5. The van der Waals surface area contributed by atoms with Crippen molar-refractivity contribution in [3.05, 3.63) is 70.6 Å².